The fourth-order valence-electron chi connectivity index (χ4n) is 3.57. The van der Waals surface area contributed by atoms with Crippen LogP contribution in [0.3, 0.4) is 0 Å². The molecule has 0 heterocycles. The SMILES string of the molecule is CC(=O)OC1C(OC(C)=O)C(OC(C)=O)C(O)(CCCO)C(OC(C)=O)C1OC(C)=O. The molecule has 0 spiro atoms. The summed E-state index contributed by atoms with van der Waals surface area (Å²) in [4.78, 5) is 58.9. The molecule has 2 N–H and O–H groups in total. The van der Waals surface area contributed by atoms with E-state index in [0.717, 1.165) is 34.6 Å². The molecule has 1 fully saturated rings. The molecular weight excluding hydrogens is 420 g/mol. The minimum Gasteiger partial charge on any atom is -0.455 e. The van der Waals surface area contributed by atoms with E-state index in [1.807, 2.05) is 0 Å². The Morgan fingerprint density at radius 3 is 1.26 bits per heavy atom. The fourth-order valence-corrected chi connectivity index (χ4v) is 3.57. The Balaban J connectivity index is 3.75. The summed E-state index contributed by atoms with van der Waals surface area (Å²) in [5.74, 6) is -4.41. The first-order valence-electron chi connectivity index (χ1n) is 9.52. The molecule has 0 aliphatic heterocycles. The van der Waals surface area contributed by atoms with Crippen molar-refractivity contribution in [3.05, 3.63) is 0 Å². The molecule has 1 aliphatic carbocycles. The van der Waals surface area contributed by atoms with Gasteiger partial charge in [-0.2, -0.15) is 0 Å². The van der Waals surface area contributed by atoms with Crippen LogP contribution in [0, 0.1) is 0 Å². The van der Waals surface area contributed by atoms with E-state index in [-0.39, 0.29) is 12.8 Å². The van der Waals surface area contributed by atoms with Crippen LogP contribution in [0.4, 0.5) is 0 Å². The van der Waals surface area contributed by atoms with Crippen LogP contribution < -0.4 is 0 Å². The molecule has 176 valence electrons. The number of carbonyl (C=O) groups excluding carboxylic acids is 5. The van der Waals surface area contributed by atoms with Crippen molar-refractivity contribution in [2.45, 2.75) is 83.6 Å². The molecule has 12 nitrogen and oxygen atoms in total. The van der Waals surface area contributed by atoms with Crippen molar-refractivity contribution in [1.82, 2.24) is 0 Å². The molecule has 12 heteroatoms. The summed E-state index contributed by atoms with van der Waals surface area (Å²) < 4.78 is 26.1. The van der Waals surface area contributed by atoms with Gasteiger partial charge in [-0.15, -0.1) is 0 Å². The van der Waals surface area contributed by atoms with E-state index >= 15 is 0 Å². The molecule has 0 aromatic rings. The van der Waals surface area contributed by atoms with Crippen LogP contribution in [-0.4, -0.2) is 82.8 Å². The van der Waals surface area contributed by atoms with Gasteiger partial charge in [-0.25, -0.2) is 0 Å². The van der Waals surface area contributed by atoms with Crippen molar-refractivity contribution >= 4 is 29.8 Å². The minimum atomic E-state index is -2.28. The Bertz CT molecular complexity index is 658. The zero-order valence-corrected chi connectivity index (χ0v) is 18.0. The lowest BCUT2D eigenvalue weighted by molar-refractivity contribution is -0.287. The highest BCUT2D eigenvalue weighted by Crippen LogP contribution is 2.41. The van der Waals surface area contributed by atoms with E-state index < -0.39 is 72.6 Å². The maximum absolute atomic E-state index is 11.8. The average molecular weight is 448 g/mol. The second-order valence-electron chi connectivity index (χ2n) is 7.10. The Kier molecular flexibility index (Phi) is 9.38. The molecule has 1 aliphatic rings. The molecule has 0 radical (unpaired) electrons. The van der Waals surface area contributed by atoms with Gasteiger partial charge in [0, 0.05) is 41.2 Å². The summed E-state index contributed by atoms with van der Waals surface area (Å²) in [6.07, 6.45) is -8.59. The summed E-state index contributed by atoms with van der Waals surface area (Å²) in [5.41, 5.74) is -2.28. The van der Waals surface area contributed by atoms with Gasteiger partial charge in [0.15, 0.2) is 30.5 Å². The van der Waals surface area contributed by atoms with Crippen LogP contribution in [0.5, 0.6) is 0 Å². The molecule has 4 atom stereocenters. The van der Waals surface area contributed by atoms with Crippen molar-refractivity contribution in [2.75, 3.05) is 6.61 Å². The van der Waals surface area contributed by atoms with Gasteiger partial charge >= 0.3 is 29.8 Å². The Morgan fingerprint density at radius 1 is 0.645 bits per heavy atom. The van der Waals surface area contributed by atoms with E-state index in [1.165, 1.54) is 0 Å². The van der Waals surface area contributed by atoms with Crippen molar-refractivity contribution < 1.29 is 57.9 Å². The first-order chi connectivity index (χ1) is 14.3. The van der Waals surface area contributed by atoms with E-state index in [4.69, 9.17) is 23.7 Å². The van der Waals surface area contributed by atoms with Gasteiger partial charge in [0.1, 0.15) is 5.60 Å². The van der Waals surface area contributed by atoms with Crippen molar-refractivity contribution in [1.29, 1.82) is 0 Å². The van der Waals surface area contributed by atoms with Crippen LogP contribution in [-0.2, 0) is 47.7 Å². The second-order valence-corrected chi connectivity index (χ2v) is 7.10. The number of rotatable bonds is 8. The zero-order valence-electron chi connectivity index (χ0n) is 18.0. The van der Waals surface area contributed by atoms with Crippen LogP contribution >= 0.6 is 0 Å². The van der Waals surface area contributed by atoms with E-state index in [2.05, 4.69) is 0 Å². The smallest absolute Gasteiger partial charge is 0.303 e. The molecule has 1 rings (SSSR count). The third kappa shape index (κ3) is 6.89. The van der Waals surface area contributed by atoms with Crippen molar-refractivity contribution in [3.63, 3.8) is 0 Å². The van der Waals surface area contributed by atoms with Gasteiger partial charge in [-0.1, -0.05) is 0 Å². The Morgan fingerprint density at radius 2 is 0.968 bits per heavy atom. The third-order valence-electron chi connectivity index (χ3n) is 4.46. The van der Waals surface area contributed by atoms with Gasteiger partial charge in [-0.05, 0) is 12.8 Å². The van der Waals surface area contributed by atoms with Gasteiger partial charge in [0.25, 0.3) is 0 Å². The number of esters is 5. The van der Waals surface area contributed by atoms with Crippen LogP contribution in [0.25, 0.3) is 0 Å². The van der Waals surface area contributed by atoms with Gasteiger partial charge < -0.3 is 33.9 Å². The fraction of sp³-hybridized carbons (Fsp3) is 0.737. The summed E-state index contributed by atoms with van der Waals surface area (Å²) in [6.45, 7) is 4.74. The highest BCUT2D eigenvalue weighted by Gasteiger charge is 2.66. The summed E-state index contributed by atoms with van der Waals surface area (Å²) >= 11 is 0. The van der Waals surface area contributed by atoms with Crippen molar-refractivity contribution in [3.8, 4) is 0 Å². The molecule has 0 aromatic heterocycles. The zero-order chi connectivity index (χ0) is 23.9. The highest BCUT2D eigenvalue weighted by atomic mass is 16.7. The maximum Gasteiger partial charge on any atom is 0.303 e. The molecule has 31 heavy (non-hydrogen) atoms. The van der Waals surface area contributed by atoms with Gasteiger partial charge in [0.05, 0.1) is 0 Å². The molecule has 0 aromatic carbocycles. The number of carbonyl (C=O) groups is 5. The molecule has 0 bridgehead atoms. The number of aliphatic hydroxyl groups is 2. The molecule has 0 amide bonds. The number of ether oxygens (including phenoxy) is 5. The first-order valence-corrected chi connectivity index (χ1v) is 9.52. The second kappa shape index (κ2) is 11.0. The number of hydrogen-bond donors (Lipinski definition) is 2. The van der Waals surface area contributed by atoms with Crippen LogP contribution in [0.2, 0.25) is 0 Å². The minimum absolute atomic E-state index is 0.0517. The monoisotopic (exact) mass is 448 g/mol. The topological polar surface area (TPSA) is 172 Å². The largest absolute Gasteiger partial charge is 0.455 e. The summed E-state index contributed by atoms with van der Waals surface area (Å²) in [7, 11) is 0. The highest BCUT2D eigenvalue weighted by molar-refractivity contribution is 5.70. The number of aliphatic hydroxyl groups excluding tert-OH is 1. The average Bonchev–Trinajstić information content (AvgIpc) is 2.61. The number of hydrogen-bond acceptors (Lipinski definition) is 12. The molecular formula is C19H28O12. The van der Waals surface area contributed by atoms with Gasteiger partial charge in [-0.3, -0.25) is 24.0 Å². The third-order valence-corrected chi connectivity index (χ3v) is 4.46. The standard InChI is InChI=1S/C19H28O12/c1-9(21)27-14-15(28-10(2)22)17(30-12(4)24)19(26,7-6-8-20)18(31-13(5)25)16(14)29-11(3)23/h14-18,20,26H,6-8H2,1-5H3. The predicted octanol–water partition coefficient (Wildman–Crippen LogP) is -0.838. The van der Waals surface area contributed by atoms with Crippen molar-refractivity contribution in [2.24, 2.45) is 0 Å². The molecule has 1 saturated carbocycles. The molecule has 0 saturated heterocycles. The normalized spacial score (nSPS) is 30.0. The van der Waals surface area contributed by atoms with Crippen LogP contribution in [0.1, 0.15) is 47.5 Å². The Hall–Kier alpha value is -2.73. The van der Waals surface area contributed by atoms with E-state index in [9.17, 15) is 34.2 Å². The summed E-state index contributed by atoms with van der Waals surface area (Å²) in [5, 5.41) is 20.8. The van der Waals surface area contributed by atoms with Gasteiger partial charge in [0.2, 0.25) is 0 Å². The van der Waals surface area contributed by atoms with E-state index in [1.54, 1.807) is 0 Å². The predicted molar refractivity (Wildman–Crippen MR) is 99.0 cm³/mol. The van der Waals surface area contributed by atoms with E-state index in [0.29, 0.717) is 0 Å². The maximum atomic E-state index is 11.8. The van der Waals surface area contributed by atoms with Crippen LogP contribution in [0.15, 0.2) is 0 Å². The summed E-state index contributed by atoms with van der Waals surface area (Å²) in [6, 6.07) is 0. The Labute approximate surface area is 178 Å². The lowest BCUT2D eigenvalue weighted by atomic mass is 9.71. The molecule has 4 unspecified atom stereocenters. The first kappa shape index (κ1) is 26.3. The lowest BCUT2D eigenvalue weighted by Gasteiger charge is -2.52. The lowest BCUT2D eigenvalue weighted by Crippen LogP contribution is -2.74. The quantitative estimate of drug-likeness (QED) is 0.349.